The number of aromatic nitrogens is 4. The number of carbonyl (C=O) groups is 1. The third-order valence-electron chi connectivity index (χ3n) is 4.89. The number of fused-ring (bicyclic) bond motifs is 1. The summed E-state index contributed by atoms with van der Waals surface area (Å²) in [4.78, 5) is 19.3. The average Bonchev–Trinajstić information content (AvgIpc) is 3.21. The molecule has 35 heavy (non-hydrogen) atoms. The van der Waals surface area contributed by atoms with E-state index >= 15 is 0 Å². The van der Waals surface area contributed by atoms with Crippen molar-refractivity contribution >= 4 is 28.8 Å². The van der Waals surface area contributed by atoms with Crippen LogP contribution in [0, 0.1) is 0 Å². The Morgan fingerprint density at radius 3 is 2.69 bits per heavy atom. The fraction of sp³-hybridized carbons (Fsp3) is 0.429. The third kappa shape index (κ3) is 6.41. The number of aliphatic hydroxyl groups excluding tert-OH is 1. The van der Waals surface area contributed by atoms with Crippen molar-refractivity contribution in [3.8, 4) is 11.5 Å². The maximum Gasteiger partial charge on any atom is 0.491 e. The summed E-state index contributed by atoms with van der Waals surface area (Å²) < 4.78 is 53.4. The second-order valence-corrected chi connectivity index (χ2v) is 7.43. The molecule has 2 aromatic heterocycles. The molecule has 0 unspecified atom stereocenters. The smallest absolute Gasteiger partial charge is 0.491 e. The molecule has 11 nitrogen and oxygen atoms in total. The van der Waals surface area contributed by atoms with Crippen molar-refractivity contribution in [3.63, 3.8) is 0 Å². The number of halogens is 3. The van der Waals surface area contributed by atoms with Crippen LogP contribution >= 0.6 is 0 Å². The standard InChI is InChI=1S/C21H25F3N6O5/c1-3-5-12(10-31)26-18-17-14(27-20(25)28-18)9-30(29-17)8-13-15(33-2)6-4-7-16(13)34-11-35-19(32)21(22,23)24/h4,6-7,9,12,31H,3,5,8,10-11H2,1-2H3,(H3,25,26,27,28)/t12-/m0/s1. The van der Waals surface area contributed by atoms with Gasteiger partial charge in [-0.15, -0.1) is 0 Å². The van der Waals surface area contributed by atoms with E-state index < -0.39 is 18.9 Å². The van der Waals surface area contributed by atoms with E-state index in [1.54, 1.807) is 18.3 Å². The van der Waals surface area contributed by atoms with Crippen LogP contribution in [0.3, 0.4) is 0 Å². The van der Waals surface area contributed by atoms with Crippen LogP contribution in [0.2, 0.25) is 0 Å². The average molecular weight is 498 g/mol. The van der Waals surface area contributed by atoms with Crippen LogP contribution < -0.4 is 20.5 Å². The lowest BCUT2D eigenvalue weighted by molar-refractivity contribution is -0.205. The minimum Gasteiger partial charge on any atom is -0.496 e. The number of methoxy groups -OCH3 is 1. The molecule has 0 aliphatic heterocycles. The quantitative estimate of drug-likeness (QED) is 0.266. The topological polar surface area (TPSA) is 147 Å². The van der Waals surface area contributed by atoms with Crippen LogP contribution in [0.15, 0.2) is 24.4 Å². The first-order chi connectivity index (χ1) is 16.7. The lowest BCUT2D eigenvalue weighted by Gasteiger charge is -2.16. The molecular weight excluding hydrogens is 473 g/mol. The number of nitrogens with zero attached hydrogens (tertiary/aromatic N) is 4. The van der Waals surface area contributed by atoms with Crippen LogP contribution in [-0.2, 0) is 16.1 Å². The molecule has 0 aliphatic rings. The maximum atomic E-state index is 12.4. The van der Waals surface area contributed by atoms with Gasteiger partial charge in [0.05, 0.1) is 38.1 Å². The van der Waals surface area contributed by atoms with Gasteiger partial charge in [0.15, 0.2) is 11.3 Å². The number of aliphatic hydroxyl groups is 1. The number of anilines is 2. The molecule has 4 N–H and O–H groups in total. The van der Waals surface area contributed by atoms with Gasteiger partial charge in [-0.25, -0.2) is 9.78 Å². The Morgan fingerprint density at radius 1 is 1.29 bits per heavy atom. The maximum absolute atomic E-state index is 12.4. The number of benzene rings is 1. The Kier molecular flexibility index (Phi) is 8.17. The largest absolute Gasteiger partial charge is 0.496 e. The molecule has 0 spiro atoms. The predicted molar refractivity (Wildman–Crippen MR) is 119 cm³/mol. The lowest BCUT2D eigenvalue weighted by atomic mass is 10.1. The summed E-state index contributed by atoms with van der Waals surface area (Å²) in [6.45, 7) is 0.997. The number of hydrogen-bond acceptors (Lipinski definition) is 10. The summed E-state index contributed by atoms with van der Waals surface area (Å²) in [6, 6.07) is 4.44. The summed E-state index contributed by atoms with van der Waals surface area (Å²) in [5.74, 6) is -1.49. The number of nitrogen functional groups attached to an aromatic ring is 1. The van der Waals surface area contributed by atoms with Crippen LogP contribution in [-0.4, -0.2) is 63.6 Å². The Balaban J connectivity index is 1.87. The van der Waals surface area contributed by atoms with Crippen LogP contribution in [0.5, 0.6) is 11.5 Å². The van der Waals surface area contributed by atoms with E-state index in [0.717, 1.165) is 6.42 Å². The number of nitrogens with one attached hydrogen (secondary N) is 1. The summed E-state index contributed by atoms with van der Waals surface area (Å²) in [5.41, 5.74) is 7.11. The van der Waals surface area contributed by atoms with E-state index in [-0.39, 0.29) is 30.9 Å². The summed E-state index contributed by atoms with van der Waals surface area (Å²) >= 11 is 0. The minimum atomic E-state index is -5.13. The number of rotatable bonds is 11. The number of ether oxygens (including phenoxy) is 3. The highest BCUT2D eigenvalue weighted by molar-refractivity contribution is 5.86. The Morgan fingerprint density at radius 2 is 2.03 bits per heavy atom. The molecule has 3 rings (SSSR count). The van der Waals surface area contributed by atoms with Crippen molar-refractivity contribution in [2.24, 2.45) is 0 Å². The van der Waals surface area contributed by atoms with E-state index in [0.29, 0.717) is 34.6 Å². The first-order valence-electron chi connectivity index (χ1n) is 10.6. The van der Waals surface area contributed by atoms with Crippen molar-refractivity contribution in [1.29, 1.82) is 0 Å². The number of nitrogens with two attached hydrogens (primary N) is 1. The second-order valence-electron chi connectivity index (χ2n) is 7.43. The highest BCUT2D eigenvalue weighted by Gasteiger charge is 2.41. The molecule has 1 aromatic carbocycles. The number of alkyl halides is 3. The van der Waals surface area contributed by atoms with Gasteiger partial charge in [0, 0.05) is 0 Å². The van der Waals surface area contributed by atoms with Gasteiger partial charge >= 0.3 is 12.1 Å². The lowest BCUT2D eigenvalue weighted by Crippen LogP contribution is -2.27. The van der Waals surface area contributed by atoms with Gasteiger partial charge < -0.3 is 30.4 Å². The summed E-state index contributed by atoms with van der Waals surface area (Å²) in [6.07, 6.45) is -1.99. The van der Waals surface area contributed by atoms with Crippen molar-refractivity contribution in [1.82, 2.24) is 19.7 Å². The molecule has 1 atom stereocenters. The fourth-order valence-electron chi connectivity index (χ4n) is 3.33. The van der Waals surface area contributed by atoms with Crippen molar-refractivity contribution in [3.05, 3.63) is 30.0 Å². The Hall–Kier alpha value is -3.81. The highest BCUT2D eigenvalue weighted by atomic mass is 19.4. The first kappa shape index (κ1) is 25.8. The van der Waals surface area contributed by atoms with Gasteiger partial charge in [-0.05, 0) is 18.6 Å². The van der Waals surface area contributed by atoms with Crippen LogP contribution in [0.4, 0.5) is 24.9 Å². The monoisotopic (exact) mass is 498 g/mol. The zero-order valence-electron chi connectivity index (χ0n) is 19.0. The molecule has 0 saturated heterocycles. The molecule has 0 amide bonds. The molecule has 0 aliphatic carbocycles. The van der Waals surface area contributed by atoms with Gasteiger partial charge in [-0.2, -0.15) is 23.3 Å². The predicted octanol–water partition coefficient (Wildman–Crippen LogP) is 2.48. The summed E-state index contributed by atoms with van der Waals surface area (Å²) in [5, 5.41) is 17.2. The van der Waals surface area contributed by atoms with Gasteiger partial charge in [0.2, 0.25) is 12.7 Å². The second kappa shape index (κ2) is 11.1. The number of esters is 1. The normalized spacial score (nSPS) is 12.4. The van der Waals surface area contributed by atoms with Crippen molar-refractivity contribution < 1.29 is 37.3 Å². The molecule has 2 heterocycles. The zero-order valence-corrected chi connectivity index (χ0v) is 19.0. The first-order valence-corrected chi connectivity index (χ1v) is 10.6. The highest BCUT2D eigenvalue weighted by Crippen LogP contribution is 2.30. The molecule has 14 heteroatoms. The number of hydrogen-bond donors (Lipinski definition) is 3. The van der Waals surface area contributed by atoms with Crippen LogP contribution in [0.1, 0.15) is 25.3 Å². The Bertz CT molecular complexity index is 1170. The SMILES string of the molecule is CCC[C@@H](CO)Nc1nc(N)nc2cn(Cc3c(OC)cccc3OCOC(=O)C(F)(F)F)nc12. The van der Waals surface area contributed by atoms with Gasteiger partial charge in [-0.3, -0.25) is 4.68 Å². The van der Waals surface area contributed by atoms with E-state index in [4.69, 9.17) is 15.2 Å². The zero-order chi connectivity index (χ0) is 25.6. The molecule has 0 radical (unpaired) electrons. The van der Waals surface area contributed by atoms with E-state index in [1.165, 1.54) is 17.9 Å². The number of carbonyl (C=O) groups excluding carboxylic acids is 1. The summed E-state index contributed by atoms with van der Waals surface area (Å²) in [7, 11) is 1.42. The minimum absolute atomic E-state index is 0.0144. The van der Waals surface area contributed by atoms with Gasteiger partial charge in [0.1, 0.15) is 17.0 Å². The van der Waals surface area contributed by atoms with E-state index in [1.807, 2.05) is 6.92 Å². The van der Waals surface area contributed by atoms with E-state index in [9.17, 15) is 23.1 Å². The van der Waals surface area contributed by atoms with Crippen LogP contribution in [0.25, 0.3) is 11.0 Å². The van der Waals surface area contributed by atoms with Crippen molar-refractivity contribution in [2.75, 3.05) is 31.6 Å². The third-order valence-corrected chi connectivity index (χ3v) is 4.89. The molecule has 3 aromatic rings. The molecule has 0 bridgehead atoms. The molecule has 0 fully saturated rings. The Labute approximate surface area is 198 Å². The van der Waals surface area contributed by atoms with E-state index in [2.05, 4.69) is 25.1 Å². The fourth-order valence-corrected chi connectivity index (χ4v) is 3.33. The molecule has 0 saturated carbocycles. The molecule has 190 valence electrons. The molecular formula is C21H25F3N6O5. The van der Waals surface area contributed by atoms with Gasteiger partial charge in [0.25, 0.3) is 0 Å². The van der Waals surface area contributed by atoms with Crippen molar-refractivity contribution in [2.45, 2.75) is 38.5 Å². The van der Waals surface area contributed by atoms with Gasteiger partial charge in [-0.1, -0.05) is 19.4 Å².